The minimum absolute atomic E-state index is 0.000113. The Morgan fingerprint density at radius 1 is 1.03 bits per heavy atom. The molecule has 0 aromatic heterocycles. The first-order chi connectivity index (χ1) is 14.2. The van der Waals surface area contributed by atoms with Gasteiger partial charge in [0, 0.05) is 5.56 Å². The molecule has 7 heteroatoms. The summed E-state index contributed by atoms with van der Waals surface area (Å²) in [5.41, 5.74) is 1.59. The van der Waals surface area contributed by atoms with Gasteiger partial charge in [-0.1, -0.05) is 43.7 Å². The molecule has 0 heterocycles. The maximum Gasteiger partial charge on any atom is 0.268 e. The highest BCUT2D eigenvalue weighted by Crippen LogP contribution is 2.11. The van der Waals surface area contributed by atoms with Crippen molar-refractivity contribution in [3.63, 3.8) is 0 Å². The van der Waals surface area contributed by atoms with E-state index < -0.39 is 29.6 Å². The Balaban J connectivity index is 2.31. The fourth-order valence-corrected chi connectivity index (χ4v) is 2.70. The fourth-order valence-electron chi connectivity index (χ4n) is 2.70. The van der Waals surface area contributed by atoms with E-state index in [2.05, 4.69) is 10.6 Å². The number of carbonyl (C=O) groups excluding carboxylic acids is 3. The van der Waals surface area contributed by atoms with E-state index in [1.54, 1.807) is 24.3 Å². The van der Waals surface area contributed by atoms with Crippen LogP contribution in [0.15, 0.2) is 54.2 Å². The first kappa shape index (κ1) is 22.8. The molecule has 2 amide bonds. The molecule has 0 spiro atoms. The molecule has 2 aromatic carbocycles. The number of aryl methyl sites for hydroxylation is 1. The number of aliphatic carboxylic acids is 1. The largest absolute Gasteiger partial charge is 0.548 e. The van der Waals surface area contributed by atoms with E-state index in [4.69, 9.17) is 0 Å². The van der Waals surface area contributed by atoms with Crippen molar-refractivity contribution in [1.29, 1.82) is 0 Å². The number of nitrogens with one attached hydrogen (secondary N) is 2. The van der Waals surface area contributed by atoms with Crippen molar-refractivity contribution in [3.05, 3.63) is 76.7 Å². The highest BCUT2D eigenvalue weighted by Gasteiger charge is 2.20. The summed E-state index contributed by atoms with van der Waals surface area (Å²) < 4.78 is 13.2. The average molecular weight is 411 g/mol. The lowest BCUT2D eigenvalue weighted by molar-refractivity contribution is -0.308. The quantitative estimate of drug-likeness (QED) is 0.651. The predicted octanol–water partition coefficient (Wildman–Crippen LogP) is 2.19. The monoisotopic (exact) mass is 411 g/mol. The highest BCUT2D eigenvalue weighted by molar-refractivity contribution is 6.06. The molecule has 2 rings (SSSR count). The lowest BCUT2D eigenvalue weighted by atomic mass is 10.0. The van der Waals surface area contributed by atoms with Crippen molar-refractivity contribution in [2.75, 3.05) is 0 Å². The Morgan fingerprint density at radius 2 is 1.63 bits per heavy atom. The minimum atomic E-state index is -1.41. The first-order valence-electron chi connectivity index (χ1n) is 9.52. The Hall–Kier alpha value is -3.48. The molecule has 0 bridgehead atoms. The van der Waals surface area contributed by atoms with E-state index >= 15 is 0 Å². The molecular formula is C23H24FN2O4-. The van der Waals surface area contributed by atoms with Gasteiger partial charge in [-0.15, -0.1) is 0 Å². The summed E-state index contributed by atoms with van der Waals surface area (Å²) in [4.78, 5) is 36.8. The van der Waals surface area contributed by atoms with Crippen LogP contribution in [0.4, 0.5) is 4.39 Å². The number of carbonyl (C=O) groups is 3. The SMILES string of the molecule is Cc1ccc(C(=O)N/C(=C/c2ccc(F)cc2)C(=O)N[C@H](CC(C)C)C(=O)[O-])cc1. The van der Waals surface area contributed by atoms with Gasteiger partial charge >= 0.3 is 0 Å². The van der Waals surface area contributed by atoms with Gasteiger partial charge in [0.25, 0.3) is 11.8 Å². The molecule has 0 saturated heterocycles. The maximum atomic E-state index is 13.2. The summed E-state index contributed by atoms with van der Waals surface area (Å²) in [5.74, 6) is -3.18. The van der Waals surface area contributed by atoms with Crippen LogP contribution < -0.4 is 15.7 Å². The van der Waals surface area contributed by atoms with Crippen molar-refractivity contribution in [1.82, 2.24) is 10.6 Å². The smallest absolute Gasteiger partial charge is 0.268 e. The zero-order valence-corrected chi connectivity index (χ0v) is 17.1. The number of hydrogen-bond donors (Lipinski definition) is 2. The summed E-state index contributed by atoms with van der Waals surface area (Å²) >= 11 is 0. The third kappa shape index (κ3) is 6.84. The summed E-state index contributed by atoms with van der Waals surface area (Å²) in [6, 6.07) is 10.8. The molecule has 2 N–H and O–H groups in total. The number of carboxylic acids is 1. The minimum Gasteiger partial charge on any atom is -0.548 e. The number of carboxylic acid groups (broad SMARTS) is 1. The predicted molar refractivity (Wildman–Crippen MR) is 109 cm³/mol. The van der Waals surface area contributed by atoms with Crippen LogP contribution in [0.2, 0.25) is 0 Å². The van der Waals surface area contributed by atoms with Crippen LogP contribution in [0, 0.1) is 18.7 Å². The topological polar surface area (TPSA) is 98.3 Å². The first-order valence-corrected chi connectivity index (χ1v) is 9.52. The van der Waals surface area contributed by atoms with E-state index in [9.17, 15) is 23.9 Å². The fraction of sp³-hybridized carbons (Fsp3) is 0.261. The van der Waals surface area contributed by atoms with E-state index in [0.717, 1.165) is 5.56 Å². The molecule has 0 fully saturated rings. The molecule has 0 aliphatic carbocycles. The Bertz CT molecular complexity index is 935. The zero-order chi connectivity index (χ0) is 22.3. The third-order valence-corrected chi connectivity index (χ3v) is 4.28. The van der Waals surface area contributed by atoms with Crippen molar-refractivity contribution in [3.8, 4) is 0 Å². The van der Waals surface area contributed by atoms with Crippen LogP contribution in [0.1, 0.15) is 41.8 Å². The van der Waals surface area contributed by atoms with Gasteiger partial charge < -0.3 is 20.5 Å². The second-order valence-electron chi connectivity index (χ2n) is 7.40. The maximum absolute atomic E-state index is 13.2. The van der Waals surface area contributed by atoms with Crippen LogP contribution in [-0.2, 0) is 9.59 Å². The van der Waals surface area contributed by atoms with Crippen LogP contribution in [0.3, 0.4) is 0 Å². The lowest BCUT2D eigenvalue weighted by Gasteiger charge is -2.22. The van der Waals surface area contributed by atoms with Crippen LogP contribution in [0.25, 0.3) is 6.08 Å². The summed E-state index contributed by atoms with van der Waals surface area (Å²) in [5, 5.41) is 16.3. The summed E-state index contributed by atoms with van der Waals surface area (Å²) in [6.07, 6.45) is 1.52. The molecule has 158 valence electrons. The average Bonchev–Trinajstić information content (AvgIpc) is 2.68. The summed E-state index contributed by atoms with van der Waals surface area (Å²) in [6.45, 7) is 5.51. The number of benzene rings is 2. The number of hydrogen-bond acceptors (Lipinski definition) is 4. The van der Waals surface area contributed by atoms with Crippen molar-refractivity contribution in [2.24, 2.45) is 5.92 Å². The number of halogens is 1. The van der Waals surface area contributed by atoms with Crippen LogP contribution in [0.5, 0.6) is 0 Å². The van der Waals surface area contributed by atoms with E-state index in [1.165, 1.54) is 30.3 Å². The van der Waals surface area contributed by atoms with Gasteiger partial charge in [0.15, 0.2) is 0 Å². The van der Waals surface area contributed by atoms with Gasteiger partial charge in [0.1, 0.15) is 11.5 Å². The van der Waals surface area contributed by atoms with Gasteiger partial charge in [-0.3, -0.25) is 9.59 Å². The number of amides is 2. The Labute approximate surface area is 174 Å². The molecule has 0 aliphatic heterocycles. The molecule has 2 aromatic rings. The molecule has 6 nitrogen and oxygen atoms in total. The molecule has 1 atom stereocenters. The van der Waals surface area contributed by atoms with Gasteiger partial charge in [-0.2, -0.15) is 0 Å². The third-order valence-electron chi connectivity index (χ3n) is 4.28. The Kier molecular flexibility index (Phi) is 7.86. The lowest BCUT2D eigenvalue weighted by Crippen LogP contribution is -2.50. The van der Waals surface area contributed by atoms with Gasteiger partial charge in [0.05, 0.1) is 12.0 Å². The Morgan fingerprint density at radius 3 is 2.17 bits per heavy atom. The highest BCUT2D eigenvalue weighted by atomic mass is 19.1. The molecule has 0 aliphatic rings. The van der Waals surface area contributed by atoms with E-state index in [1.807, 2.05) is 20.8 Å². The van der Waals surface area contributed by atoms with Crippen LogP contribution in [-0.4, -0.2) is 23.8 Å². The molecule has 30 heavy (non-hydrogen) atoms. The second kappa shape index (κ2) is 10.3. The number of rotatable bonds is 8. The second-order valence-corrected chi connectivity index (χ2v) is 7.40. The molecule has 0 radical (unpaired) electrons. The van der Waals surface area contributed by atoms with Crippen LogP contribution >= 0.6 is 0 Å². The molecule has 0 unspecified atom stereocenters. The van der Waals surface area contributed by atoms with Crippen molar-refractivity contribution < 1.29 is 23.9 Å². The van der Waals surface area contributed by atoms with Gasteiger partial charge in [0.2, 0.25) is 0 Å². The van der Waals surface area contributed by atoms with Gasteiger partial charge in [-0.05, 0) is 55.2 Å². The van der Waals surface area contributed by atoms with Crippen molar-refractivity contribution >= 4 is 23.9 Å². The summed E-state index contributed by atoms with van der Waals surface area (Å²) in [7, 11) is 0. The van der Waals surface area contributed by atoms with Crippen molar-refractivity contribution in [2.45, 2.75) is 33.2 Å². The standard InChI is InChI=1S/C23H25FN2O4/c1-14(2)12-20(23(29)30)26-22(28)19(13-16-6-10-18(24)11-7-16)25-21(27)17-8-4-15(3)5-9-17/h4-11,13-14,20H,12H2,1-3H3,(H,25,27)(H,26,28)(H,29,30)/p-1/b19-13+/t20-/m1/s1. The van der Waals surface area contributed by atoms with E-state index in [0.29, 0.717) is 11.1 Å². The van der Waals surface area contributed by atoms with Gasteiger partial charge in [-0.25, -0.2) is 4.39 Å². The van der Waals surface area contributed by atoms with E-state index in [-0.39, 0.29) is 18.0 Å². The zero-order valence-electron chi connectivity index (χ0n) is 17.1. The molecular weight excluding hydrogens is 387 g/mol. The molecule has 0 saturated carbocycles. The normalized spacial score (nSPS) is 12.4.